The summed E-state index contributed by atoms with van der Waals surface area (Å²) in [7, 11) is 0. The predicted molar refractivity (Wildman–Crippen MR) is 87.6 cm³/mol. The molecule has 23 heavy (non-hydrogen) atoms. The van der Waals surface area contributed by atoms with Crippen LogP contribution in [0.1, 0.15) is 26.3 Å². The number of hydrogen-bond donors (Lipinski definition) is 0. The lowest BCUT2D eigenvalue weighted by atomic mass is 9.90. The van der Waals surface area contributed by atoms with E-state index >= 15 is 0 Å². The van der Waals surface area contributed by atoms with Crippen LogP contribution in [-0.2, 0) is 16.0 Å². The molecule has 4 nitrogen and oxygen atoms in total. The van der Waals surface area contributed by atoms with E-state index in [-0.39, 0.29) is 29.3 Å². The molecular formula is C18H25FN2O2. The maximum Gasteiger partial charge on any atom is 0.227 e. The summed E-state index contributed by atoms with van der Waals surface area (Å²) in [6.45, 7) is 8.86. The number of amides is 1. The van der Waals surface area contributed by atoms with Gasteiger partial charge in [-0.1, -0.05) is 32.9 Å². The van der Waals surface area contributed by atoms with E-state index < -0.39 is 0 Å². The van der Waals surface area contributed by atoms with Crippen molar-refractivity contribution in [1.29, 1.82) is 0 Å². The van der Waals surface area contributed by atoms with E-state index in [0.717, 1.165) is 0 Å². The van der Waals surface area contributed by atoms with Gasteiger partial charge in [0.2, 0.25) is 5.91 Å². The lowest BCUT2D eigenvalue weighted by molar-refractivity contribution is -0.133. The van der Waals surface area contributed by atoms with Gasteiger partial charge in [-0.05, 0) is 17.7 Å². The van der Waals surface area contributed by atoms with Crippen LogP contribution in [0.4, 0.5) is 4.39 Å². The molecule has 0 radical (unpaired) electrons. The Balaban J connectivity index is 1.82. The van der Waals surface area contributed by atoms with Crippen molar-refractivity contribution in [2.45, 2.75) is 27.2 Å². The number of rotatable bonds is 4. The standard InChI is InChI=1S/C18H25FN2O2/c1-18(2,3)16(22)13-20-7-9-21(10-8-20)17(23)12-14-5-4-6-15(19)11-14/h4-6,11H,7-10,12-13H2,1-3H3. The van der Waals surface area contributed by atoms with Crippen LogP contribution in [0.5, 0.6) is 0 Å². The van der Waals surface area contributed by atoms with Crippen molar-refractivity contribution in [1.82, 2.24) is 9.80 Å². The number of Topliss-reactive ketones (excluding diaryl/α,β-unsaturated/α-hetero) is 1. The van der Waals surface area contributed by atoms with Crippen LogP contribution in [0, 0.1) is 11.2 Å². The van der Waals surface area contributed by atoms with Gasteiger partial charge in [0.05, 0.1) is 13.0 Å². The third kappa shape index (κ3) is 5.13. The maximum atomic E-state index is 13.2. The quantitative estimate of drug-likeness (QED) is 0.853. The Morgan fingerprint density at radius 3 is 2.35 bits per heavy atom. The van der Waals surface area contributed by atoms with Gasteiger partial charge < -0.3 is 4.90 Å². The minimum Gasteiger partial charge on any atom is -0.340 e. The Kier molecular flexibility index (Phi) is 5.52. The van der Waals surface area contributed by atoms with Crippen LogP contribution < -0.4 is 0 Å². The molecule has 1 fully saturated rings. The summed E-state index contributed by atoms with van der Waals surface area (Å²) < 4.78 is 13.2. The molecule has 0 atom stereocenters. The summed E-state index contributed by atoms with van der Waals surface area (Å²) >= 11 is 0. The van der Waals surface area contributed by atoms with Gasteiger partial charge in [0, 0.05) is 31.6 Å². The second-order valence-electron chi connectivity index (χ2n) is 7.14. The first-order valence-electron chi connectivity index (χ1n) is 8.03. The third-order valence-corrected chi connectivity index (χ3v) is 4.17. The fraction of sp³-hybridized carbons (Fsp3) is 0.556. The van der Waals surface area contributed by atoms with E-state index in [2.05, 4.69) is 4.90 Å². The molecule has 5 heteroatoms. The number of nitrogens with zero attached hydrogens (tertiary/aromatic N) is 2. The highest BCUT2D eigenvalue weighted by Gasteiger charge is 2.26. The topological polar surface area (TPSA) is 40.6 Å². The summed E-state index contributed by atoms with van der Waals surface area (Å²) in [6.07, 6.45) is 0.221. The highest BCUT2D eigenvalue weighted by Crippen LogP contribution is 2.16. The molecule has 0 aliphatic carbocycles. The van der Waals surface area contributed by atoms with Crippen molar-refractivity contribution in [3.05, 3.63) is 35.6 Å². The van der Waals surface area contributed by atoms with Crippen LogP contribution in [0.2, 0.25) is 0 Å². The molecule has 1 heterocycles. The molecule has 0 spiro atoms. The van der Waals surface area contributed by atoms with E-state index in [0.29, 0.717) is 38.3 Å². The summed E-state index contributed by atoms with van der Waals surface area (Å²) in [6, 6.07) is 6.16. The summed E-state index contributed by atoms with van der Waals surface area (Å²) in [5.74, 6) is -0.0877. The first-order valence-corrected chi connectivity index (χ1v) is 8.03. The Bertz CT molecular complexity index is 573. The number of benzene rings is 1. The summed E-state index contributed by atoms with van der Waals surface area (Å²) in [5.41, 5.74) is 0.366. The van der Waals surface area contributed by atoms with Gasteiger partial charge in [0.1, 0.15) is 5.82 Å². The maximum absolute atomic E-state index is 13.2. The molecule has 1 aromatic carbocycles. The first kappa shape index (κ1) is 17.6. The number of piperazine rings is 1. The Morgan fingerprint density at radius 2 is 1.78 bits per heavy atom. The molecule has 0 N–H and O–H groups in total. The van der Waals surface area contributed by atoms with Crippen molar-refractivity contribution in [2.75, 3.05) is 32.7 Å². The molecule has 1 aromatic rings. The van der Waals surface area contributed by atoms with E-state index in [9.17, 15) is 14.0 Å². The van der Waals surface area contributed by atoms with Gasteiger partial charge in [-0.25, -0.2) is 4.39 Å². The van der Waals surface area contributed by atoms with E-state index in [1.165, 1.54) is 12.1 Å². The lowest BCUT2D eigenvalue weighted by Crippen LogP contribution is -2.51. The lowest BCUT2D eigenvalue weighted by Gasteiger charge is -2.35. The monoisotopic (exact) mass is 320 g/mol. The van der Waals surface area contributed by atoms with Crippen molar-refractivity contribution < 1.29 is 14.0 Å². The molecule has 0 aromatic heterocycles. The Morgan fingerprint density at radius 1 is 1.13 bits per heavy atom. The predicted octanol–water partition coefficient (Wildman–Crippen LogP) is 2.13. The second kappa shape index (κ2) is 7.21. The Labute approximate surface area is 137 Å². The van der Waals surface area contributed by atoms with Crippen molar-refractivity contribution in [2.24, 2.45) is 5.41 Å². The largest absolute Gasteiger partial charge is 0.340 e. The average Bonchev–Trinajstić information content (AvgIpc) is 2.47. The fourth-order valence-electron chi connectivity index (χ4n) is 2.53. The van der Waals surface area contributed by atoms with Crippen LogP contribution in [-0.4, -0.2) is 54.2 Å². The zero-order chi connectivity index (χ0) is 17.0. The molecule has 0 saturated carbocycles. The number of ketones is 1. The molecule has 2 rings (SSSR count). The zero-order valence-electron chi connectivity index (χ0n) is 14.1. The average molecular weight is 320 g/mol. The smallest absolute Gasteiger partial charge is 0.227 e. The van der Waals surface area contributed by atoms with Crippen molar-refractivity contribution in [3.63, 3.8) is 0 Å². The molecule has 1 aliphatic heterocycles. The normalized spacial score (nSPS) is 16.4. The molecule has 1 amide bonds. The minimum absolute atomic E-state index is 0.0115. The number of halogens is 1. The van der Waals surface area contributed by atoms with Gasteiger partial charge >= 0.3 is 0 Å². The van der Waals surface area contributed by atoms with E-state index in [4.69, 9.17) is 0 Å². The molecule has 1 saturated heterocycles. The van der Waals surface area contributed by atoms with Crippen molar-refractivity contribution in [3.8, 4) is 0 Å². The van der Waals surface area contributed by atoms with Crippen LogP contribution in [0.25, 0.3) is 0 Å². The van der Waals surface area contributed by atoms with Crippen LogP contribution in [0.3, 0.4) is 0 Å². The summed E-state index contributed by atoms with van der Waals surface area (Å²) in [4.78, 5) is 28.2. The van der Waals surface area contributed by atoms with Gasteiger partial charge in [-0.15, -0.1) is 0 Å². The molecular weight excluding hydrogens is 295 g/mol. The van der Waals surface area contributed by atoms with Gasteiger partial charge in [0.25, 0.3) is 0 Å². The molecule has 0 unspecified atom stereocenters. The van der Waals surface area contributed by atoms with E-state index in [1.54, 1.807) is 17.0 Å². The van der Waals surface area contributed by atoms with Gasteiger partial charge in [0.15, 0.2) is 5.78 Å². The SMILES string of the molecule is CC(C)(C)C(=O)CN1CCN(C(=O)Cc2cccc(F)c2)CC1. The van der Waals surface area contributed by atoms with Crippen LogP contribution in [0.15, 0.2) is 24.3 Å². The third-order valence-electron chi connectivity index (χ3n) is 4.17. The van der Waals surface area contributed by atoms with Gasteiger partial charge in [-0.3, -0.25) is 14.5 Å². The Hall–Kier alpha value is -1.75. The fourth-order valence-corrected chi connectivity index (χ4v) is 2.53. The molecule has 126 valence electrons. The first-order chi connectivity index (χ1) is 10.8. The zero-order valence-corrected chi connectivity index (χ0v) is 14.1. The molecule has 0 bridgehead atoms. The summed E-state index contributed by atoms with van der Waals surface area (Å²) in [5, 5.41) is 0. The van der Waals surface area contributed by atoms with Crippen molar-refractivity contribution >= 4 is 11.7 Å². The number of carbonyl (C=O) groups excluding carboxylic acids is 2. The number of carbonyl (C=O) groups is 2. The second-order valence-corrected chi connectivity index (χ2v) is 7.14. The molecule has 1 aliphatic rings. The van der Waals surface area contributed by atoms with Crippen LogP contribution >= 0.6 is 0 Å². The van der Waals surface area contributed by atoms with Gasteiger partial charge in [-0.2, -0.15) is 0 Å². The highest BCUT2D eigenvalue weighted by atomic mass is 19.1. The number of hydrogen-bond acceptors (Lipinski definition) is 3. The minimum atomic E-state index is -0.329. The highest BCUT2D eigenvalue weighted by molar-refractivity contribution is 5.85. The van der Waals surface area contributed by atoms with E-state index in [1.807, 2.05) is 20.8 Å².